The number of carbonyl (C=O) groups is 1. The Labute approximate surface area is 170 Å². The molecule has 1 aromatic heterocycles. The van der Waals surface area contributed by atoms with Gasteiger partial charge in [0.25, 0.3) is 5.91 Å². The number of nitrogens with zero attached hydrogens (tertiary/aromatic N) is 3. The van der Waals surface area contributed by atoms with Crippen LogP contribution in [0.3, 0.4) is 0 Å². The number of halogens is 1. The molecule has 0 saturated heterocycles. The highest BCUT2D eigenvalue weighted by molar-refractivity contribution is 5.98. The van der Waals surface area contributed by atoms with Crippen molar-refractivity contribution < 1.29 is 13.9 Å². The number of anilines is 4. The van der Waals surface area contributed by atoms with Gasteiger partial charge in [-0.05, 0) is 36.5 Å². The molecule has 29 heavy (non-hydrogen) atoms. The van der Waals surface area contributed by atoms with E-state index in [2.05, 4.69) is 48.3 Å². The lowest BCUT2D eigenvalue weighted by atomic mass is 9.87. The van der Waals surface area contributed by atoms with Gasteiger partial charge in [0, 0.05) is 18.8 Å². The first-order valence-electron chi connectivity index (χ1n) is 9.76. The molecule has 0 bridgehead atoms. The normalized spacial score (nSPS) is 14.8. The maximum absolute atomic E-state index is 14.3. The molecule has 1 aliphatic heterocycles. The fourth-order valence-corrected chi connectivity index (χ4v) is 3.24. The van der Waals surface area contributed by atoms with Crippen molar-refractivity contribution in [2.75, 3.05) is 29.2 Å². The SMILES string of the molecule is CCC(CC(C)(C)C)Nc1nc(Nc2ccc3c(c2)N(C)C(=O)CO3)ncc1F. The summed E-state index contributed by atoms with van der Waals surface area (Å²) < 4.78 is 19.7. The Kier molecular flexibility index (Phi) is 5.91. The Bertz CT molecular complexity index is 897. The number of hydrogen-bond donors (Lipinski definition) is 2. The molecule has 1 atom stereocenters. The fourth-order valence-electron chi connectivity index (χ4n) is 3.24. The van der Waals surface area contributed by atoms with Gasteiger partial charge in [-0.1, -0.05) is 27.7 Å². The van der Waals surface area contributed by atoms with E-state index < -0.39 is 5.82 Å². The van der Waals surface area contributed by atoms with Crippen molar-refractivity contribution in [1.82, 2.24) is 9.97 Å². The van der Waals surface area contributed by atoms with Crippen molar-refractivity contribution in [1.29, 1.82) is 0 Å². The standard InChI is InChI=1S/C21H28FN5O2/c1-6-13(10-21(2,3)4)24-19-15(22)11-23-20(26-19)25-14-7-8-17-16(9-14)27(5)18(28)12-29-17/h7-9,11,13H,6,10,12H2,1-5H3,(H2,23,24,25,26). The third kappa shape index (κ3) is 5.13. The van der Waals surface area contributed by atoms with Gasteiger partial charge >= 0.3 is 0 Å². The zero-order valence-corrected chi connectivity index (χ0v) is 17.5. The van der Waals surface area contributed by atoms with Crippen LogP contribution in [0.1, 0.15) is 40.5 Å². The minimum Gasteiger partial charge on any atom is -0.482 e. The smallest absolute Gasteiger partial charge is 0.264 e. The van der Waals surface area contributed by atoms with Crippen LogP contribution >= 0.6 is 0 Å². The van der Waals surface area contributed by atoms with Gasteiger partial charge < -0.3 is 20.3 Å². The zero-order valence-electron chi connectivity index (χ0n) is 17.5. The molecule has 1 aromatic carbocycles. The molecule has 0 aliphatic carbocycles. The van der Waals surface area contributed by atoms with Crippen molar-refractivity contribution in [3.8, 4) is 5.75 Å². The van der Waals surface area contributed by atoms with Crippen LogP contribution in [0.25, 0.3) is 0 Å². The summed E-state index contributed by atoms with van der Waals surface area (Å²) in [5.74, 6) is 0.459. The minimum atomic E-state index is -0.493. The van der Waals surface area contributed by atoms with Gasteiger partial charge in [-0.15, -0.1) is 0 Å². The van der Waals surface area contributed by atoms with Gasteiger partial charge in [0.05, 0.1) is 11.9 Å². The van der Waals surface area contributed by atoms with Gasteiger partial charge in [-0.3, -0.25) is 4.79 Å². The van der Waals surface area contributed by atoms with Gasteiger partial charge in [0.2, 0.25) is 5.95 Å². The van der Waals surface area contributed by atoms with Crippen molar-refractivity contribution in [2.45, 2.75) is 46.6 Å². The predicted molar refractivity (Wildman–Crippen MR) is 112 cm³/mol. The Morgan fingerprint density at radius 1 is 1.34 bits per heavy atom. The molecule has 0 spiro atoms. The Hall–Kier alpha value is -2.90. The maximum Gasteiger partial charge on any atom is 0.264 e. The molecule has 156 valence electrons. The molecule has 0 fully saturated rings. The van der Waals surface area contributed by atoms with Crippen molar-refractivity contribution in [3.63, 3.8) is 0 Å². The number of likely N-dealkylation sites (N-methyl/N-ethyl adjacent to an activating group) is 1. The number of fused-ring (bicyclic) bond motifs is 1. The average Bonchev–Trinajstić information content (AvgIpc) is 2.66. The number of aromatic nitrogens is 2. The molecule has 2 heterocycles. The number of amides is 1. The second-order valence-corrected chi connectivity index (χ2v) is 8.45. The first-order chi connectivity index (χ1) is 13.7. The summed E-state index contributed by atoms with van der Waals surface area (Å²) >= 11 is 0. The van der Waals surface area contributed by atoms with Crippen LogP contribution in [0.2, 0.25) is 0 Å². The molecule has 1 amide bonds. The van der Waals surface area contributed by atoms with Gasteiger partial charge in [-0.25, -0.2) is 9.37 Å². The summed E-state index contributed by atoms with van der Waals surface area (Å²) in [5.41, 5.74) is 1.45. The third-order valence-electron chi connectivity index (χ3n) is 4.74. The topological polar surface area (TPSA) is 79.4 Å². The number of hydrogen-bond acceptors (Lipinski definition) is 6. The van der Waals surface area contributed by atoms with E-state index in [-0.39, 0.29) is 35.7 Å². The van der Waals surface area contributed by atoms with Gasteiger partial charge in [0.15, 0.2) is 18.2 Å². The van der Waals surface area contributed by atoms with Gasteiger partial charge in [-0.2, -0.15) is 4.98 Å². The van der Waals surface area contributed by atoms with E-state index in [4.69, 9.17) is 4.74 Å². The molecule has 1 unspecified atom stereocenters. The molecule has 3 rings (SSSR count). The van der Waals surface area contributed by atoms with Crippen LogP contribution < -0.4 is 20.3 Å². The highest BCUT2D eigenvalue weighted by atomic mass is 19.1. The molecule has 1 aliphatic rings. The predicted octanol–water partition coefficient (Wildman–Crippen LogP) is 4.34. The van der Waals surface area contributed by atoms with E-state index in [1.165, 1.54) is 0 Å². The van der Waals surface area contributed by atoms with E-state index in [0.717, 1.165) is 19.0 Å². The molecule has 0 radical (unpaired) electrons. The second-order valence-electron chi connectivity index (χ2n) is 8.45. The summed E-state index contributed by atoms with van der Waals surface area (Å²) in [6.45, 7) is 8.56. The van der Waals surface area contributed by atoms with Crippen molar-refractivity contribution in [2.24, 2.45) is 5.41 Å². The first kappa shape index (κ1) is 20.8. The Balaban J connectivity index is 1.79. The number of nitrogens with one attached hydrogen (secondary N) is 2. The van der Waals surface area contributed by atoms with Crippen LogP contribution in [0.4, 0.5) is 27.5 Å². The zero-order chi connectivity index (χ0) is 21.2. The maximum atomic E-state index is 14.3. The summed E-state index contributed by atoms with van der Waals surface area (Å²) in [6.07, 6.45) is 2.90. The van der Waals surface area contributed by atoms with E-state index in [1.54, 1.807) is 30.1 Å². The number of ether oxygens (including phenoxy) is 1. The molecule has 2 aromatic rings. The van der Waals surface area contributed by atoms with Gasteiger partial charge in [0.1, 0.15) is 5.75 Å². The van der Waals surface area contributed by atoms with Crippen LogP contribution in [-0.4, -0.2) is 35.6 Å². The highest BCUT2D eigenvalue weighted by Crippen LogP contribution is 2.34. The van der Waals surface area contributed by atoms with E-state index in [9.17, 15) is 9.18 Å². The van der Waals surface area contributed by atoms with E-state index in [1.807, 2.05) is 0 Å². The Morgan fingerprint density at radius 3 is 2.79 bits per heavy atom. The summed E-state index contributed by atoms with van der Waals surface area (Å²) in [7, 11) is 1.70. The lowest BCUT2D eigenvalue weighted by Gasteiger charge is -2.27. The number of benzene rings is 1. The molecule has 0 saturated carbocycles. The third-order valence-corrected chi connectivity index (χ3v) is 4.74. The molecule has 8 heteroatoms. The quantitative estimate of drug-likeness (QED) is 0.750. The fraction of sp³-hybridized carbons (Fsp3) is 0.476. The molecule has 7 nitrogen and oxygen atoms in total. The highest BCUT2D eigenvalue weighted by Gasteiger charge is 2.23. The van der Waals surface area contributed by atoms with Crippen molar-refractivity contribution >= 4 is 29.0 Å². The second kappa shape index (κ2) is 8.23. The Morgan fingerprint density at radius 2 is 2.10 bits per heavy atom. The van der Waals surface area contributed by atoms with E-state index >= 15 is 0 Å². The molecular weight excluding hydrogens is 373 g/mol. The van der Waals surface area contributed by atoms with Crippen LogP contribution in [0, 0.1) is 11.2 Å². The van der Waals surface area contributed by atoms with Crippen molar-refractivity contribution in [3.05, 3.63) is 30.2 Å². The summed E-state index contributed by atoms with van der Waals surface area (Å²) in [6, 6.07) is 5.46. The average molecular weight is 401 g/mol. The largest absolute Gasteiger partial charge is 0.482 e. The van der Waals surface area contributed by atoms with Crippen LogP contribution in [0.15, 0.2) is 24.4 Å². The lowest BCUT2D eigenvalue weighted by molar-refractivity contribution is -0.120. The monoisotopic (exact) mass is 401 g/mol. The summed E-state index contributed by atoms with van der Waals surface area (Å²) in [4.78, 5) is 21.7. The van der Waals surface area contributed by atoms with Crippen LogP contribution in [-0.2, 0) is 4.79 Å². The molecular formula is C21H28FN5O2. The molecule has 2 N–H and O–H groups in total. The lowest BCUT2D eigenvalue weighted by Crippen LogP contribution is -2.35. The van der Waals surface area contributed by atoms with E-state index in [0.29, 0.717) is 17.1 Å². The summed E-state index contributed by atoms with van der Waals surface area (Å²) in [5, 5.41) is 6.28. The number of rotatable bonds is 6. The minimum absolute atomic E-state index is 0.0273. The van der Waals surface area contributed by atoms with Crippen LogP contribution in [0.5, 0.6) is 5.75 Å². The first-order valence-corrected chi connectivity index (χ1v) is 9.76. The number of carbonyl (C=O) groups excluding carboxylic acids is 1.